The molecule has 0 aliphatic rings. The summed E-state index contributed by atoms with van der Waals surface area (Å²) in [5.41, 5.74) is 1.11. The van der Waals surface area contributed by atoms with E-state index < -0.39 is 5.97 Å². The van der Waals surface area contributed by atoms with Crippen LogP contribution in [0.1, 0.15) is 102 Å². The Kier molecular flexibility index (Phi) is 13.7. The van der Waals surface area contributed by atoms with E-state index in [2.05, 4.69) is 29.3 Å². The molecule has 0 radical (unpaired) electrons. The van der Waals surface area contributed by atoms with Crippen LogP contribution in [0.15, 0.2) is 24.3 Å². The SMILES string of the molecule is CCCCCCCc1nnc(-c2ccc(OCCCCCCCCCCC(=O)O)cc2)s1. The second-order valence-corrected chi connectivity index (χ2v) is 9.57. The Hall–Kier alpha value is -1.95. The maximum Gasteiger partial charge on any atom is 0.303 e. The molecular weight excluding hydrogens is 420 g/mol. The normalized spacial score (nSPS) is 11.0. The summed E-state index contributed by atoms with van der Waals surface area (Å²) in [7, 11) is 0. The number of carboxylic acids is 1. The second-order valence-electron chi connectivity index (χ2n) is 8.51. The zero-order valence-electron chi connectivity index (χ0n) is 19.7. The monoisotopic (exact) mass is 460 g/mol. The third-order valence-electron chi connectivity index (χ3n) is 5.62. The summed E-state index contributed by atoms with van der Waals surface area (Å²) in [5, 5.41) is 19.5. The van der Waals surface area contributed by atoms with Gasteiger partial charge in [0.05, 0.1) is 6.61 Å². The van der Waals surface area contributed by atoms with Gasteiger partial charge in [-0.05, 0) is 43.5 Å². The van der Waals surface area contributed by atoms with E-state index in [0.29, 0.717) is 6.42 Å². The number of unbranched alkanes of at least 4 members (excludes halogenated alkanes) is 11. The van der Waals surface area contributed by atoms with Crippen LogP contribution < -0.4 is 4.74 Å². The number of nitrogens with zero attached hydrogens (tertiary/aromatic N) is 2. The van der Waals surface area contributed by atoms with Gasteiger partial charge in [-0.25, -0.2) is 0 Å². The van der Waals surface area contributed by atoms with Crippen LogP contribution in [0.3, 0.4) is 0 Å². The van der Waals surface area contributed by atoms with Crippen molar-refractivity contribution in [2.75, 3.05) is 6.61 Å². The maximum atomic E-state index is 10.5. The summed E-state index contributed by atoms with van der Waals surface area (Å²) < 4.78 is 5.88. The number of hydrogen-bond acceptors (Lipinski definition) is 5. The van der Waals surface area contributed by atoms with Crippen molar-refractivity contribution in [2.24, 2.45) is 0 Å². The summed E-state index contributed by atoms with van der Waals surface area (Å²) in [4.78, 5) is 10.5. The van der Waals surface area contributed by atoms with Crippen LogP contribution in [-0.2, 0) is 11.2 Å². The van der Waals surface area contributed by atoms with E-state index in [0.717, 1.165) is 60.0 Å². The van der Waals surface area contributed by atoms with Crippen molar-refractivity contribution in [3.05, 3.63) is 29.3 Å². The highest BCUT2D eigenvalue weighted by Gasteiger charge is 2.07. The Bertz CT molecular complexity index is 746. The van der Waals surface area contributed by atoms with Gasteiger partial charge < -0.3 is 9.84 Å². The van der Waals surface area contributed by atoms with E-state index in [-0.39, 0.29) is 0 Å². The first kappa shape index (κ1) is 26.3. The zero-order valence-corrected chi connectivity index (χ0v) is 20.5. The van der Waals surface area contributed by atoms with Crippen LogP contribution in [-0.4, -0.2) is 27.9 Å². The molecule has 2 aromatic rings. The molecule has 1 N–H and O–H groups in total. The first-order valence-corrected chi connectivity index (χ1v) is 13.3. The lowest BCUT2D eigenvalue weighted by Gasteiger charge is -2.06. The quantitative estimate of drug-likeness (QED) is 0.217. The van der Waals surface area contributed by atoms with Crippen LogP contribution in [0.4, 0.5) is 0 Å². The van der Waals surface area contributed by atoms with E-state index in [1.165, 1.54) is 57.8 Å². The van der Waals surface area contributed by atoms with Gasteiger partial charge in [-0.1, -0.05) is 82.5 Å². The van der Waals surface area contributed by atoms with Crippen molar-refractivity contribution in [1.29, 1.82) is 0 Å². The predicted molar refractivity (Wildman–Crippen MR) is 132 cm³/mol. The molecule has 0 saturated heterocycles. The number of hydrogen-bond donors (Lipinski definition) is 1. The van der Waals surface area contributed by atoms with Crippen LogP contribution >= 0.6 is 11.3 Å². The number of carboxylic acid groups (broad SMARTS) is 1. The molecule has 0 amide bonds. The summed E-state index contributed by atoms with van der Waals surface area (Å²) in [6, 6.07) is 8.20. The summed E-state index contributed by atoms with van der Waals surface area (Å²) in [5.74, 6) is 0.227. The second kappa shape index (κ2) is 16.7. The van der Waals surface area contributed by atoms with E-state index in [4.69, 9.17) is 9.84 Å². The standard InChI is InChI=1S/C26H40N2O3S/c1-2-3-4-9-12-15-24-27-28-26(32-24)22-17-19-23(20-18-22)31-21-14-11-8-6-5-7-10-13-16-25(29)30/h17-20H,2-16,21H2,1H3,(H,29,30). The molecule has 32 heavy (non-hydrogen) atoms. The molecule has 5 nitrogen and oxygen atoms in total. The van der Waals surface area contributed by atoms with Gasteiger partial charge in [-0.3, -0.25) is 4.79 Å². The number of carbonyl (C=O) groups is 1. The van der Waals surface area contributed by atoms with Gasteiger partial charge in [0.2, 0.25) is 0 Å². The largest absolute Gasteiger partial charge is 0.494 e. The van der Waals surface area contributed by atoms with Gasteiger partial charge in [0.1, 0.15) is 15.8 Å². The lowest BCUT2D eigenvalue weighted by atomic mass is 10.1. The van der Waals surface area contributed by atoms with Crippen molar-refractivity contribution in [3.8, 4) is 16.3 Å². The fourth-order valence-corrected chi connectivity index (χ4v) is 4.56. The molecular formula is C26H40N2O3S. The molecule has 0 bridgehead atoms. The molecule has 1 aromatic carbocycles. The van der Waals surface area contributed by atoms with Crippen molar-refractivity contribution in [1.82, 2.24) is 10.2 Å². The highest BCUT2D eigenvalue weighted by atomic mass is 32.1. The first-order valence-electron chi connectivity index (χ1n) is 12.5. The zero-order chi connectivity index (χ0) is 22.9. The molecule has 0 saturated carbocycles. The lowest BCUT2D eigenvalue weighted by Crippen LogP contribution is -1.97. The molecule has 0 aliphatic carbocycles. The number of aryl methyl sites for hydroxylation is 1. The maximum absolute atomic E-state index is 10.5. The van der Waals surface area contributed by atoms with E-state index in [9.17, 15) is 4.79 Å². The Labute approximate surface area is 197 Å². The van der Waals surface area contributed by atoms with Crippen LogP contribution in [0.25, 0.3) is 10.6 Å². The van der Waals surface area contributed by atoms with Crippen LogP contribution in [0, 0.1) is 0 Å². The highest BCUT2D eigenvalue weighted by Crippen LogP contribution is 2.26. The molecule has 0 atom stereocenters. The van der Waals surface area contributed by atoms with Crippen molar-refractivity contribution < 1.29 is 14.6 Å². The molecule has 178 valence electrons. The van der Waals surface area contributed by atoms with Gasteiger partial charge >= 0.3 is 5.97 Å². The minimum atomic E-state index is -0.683. The summed E-state index contributed by atoms with van der Waals surface area (Å²) in [6.07, 6.45) is 16.6. The Morgan fingerprint density at radius 1 is 0.844 bits per heavy atom. The third kappa shape index (κ3) is 11.6. The average molecular weight is 461 g/mol. The van der Waals surface area contributed by atoms with E-state index in [1.807, 2.05) is 12.1 Å². The Morgan fingerprint density at radius 2 is 1.47 bits per heavy atom. The van der Waals surface area contributed by atoms with Gasteiger partial charge in [0, 0.05) is 18.4 Å². The van der Waals surface area contributed by atoms with Gasteiger partial charge in [-0.2, -0.15) is 0 Å². The fourth-order valence-electron chi connectivity index (χ4n) is 3.67. The molecule has 0 unspecified atom stereocenters. The van der Waals surface area contributed by atoms with Crippen LogP contribution in [0.5, 0.6) is 5.75 Å². The fraction of sp³-hybridized carbons (Fsp3) is 0.654. The minimum Gasteiger partial charge on any atom is -0.494 e. The predicted octanol–water partition coefficient (Wildman–Crippen LogP) is 7.69. The minimum absolute atomic E-state index is 0.305. The summed E-state index contributed by atoms with van der Waals surface area (Å²) in [6.45, 7) is 2.99. The van der Waals surface area contributed by atoms with Crippen molar-refractivity contribution in [2.45, 2.75) is 103 Å². The molecule has 0 fully saturated rings. The van der Waals surface area contributed by atoms with Crippen LogP contribution in [0.2, 0.25) is 0 Å². The van der Waals surface area contributed by atoms with E-state index in [1.54, 1.807) is 11.3 Å². The Balaban J connectivity index is 1.54. The molecule has 6 heteroatoms. The summed E-state index contributed by atoms with van der Waals surface area (Å²) >= 11 is 1.70. The van der Waals surface area contributed by atoms with E-state index >= 15 is 0 Å². The number of benzene rings is 1. The third-order valence-corrected chi connectivity index (χ3v) is 6.65. The van der Waals surface area contributed by atoms with Crippen molar-refractivity contribution >= 4 is 17.3 Å². The number of ether oxygens (including phenoxy) is 1. The van der Waals surface area contributed by atoms with Gasteiger partial charge in [-0.15, -0.1) is 10.2 Å². The van der Waals surface area contributed by atoms with Crippen molar-refractivity contribution in [3.63, 3.8) is 0 Å². The average Bonchev–Trinajstić information content (AvgIpc) is 3.26. The lowest BCUT2D eigenvalue weighted by molar-refractivity contribution is -0.137. The highest BCUT2D eigenvalue weighted by molar-refractivity contribution is 7.14. The molecule has 2 rings (SSSR count). The van der Waals surface area contributed by atoms with Gasteiger partial charge in [0.25, 0.3) is 0 Å². The smallest absolute Gasteiger partial charge is 0.303 e. The topological polar surface area (TPSA) is 72.3 Å². The number of aromatic nitrogens is 2. The number of rotatable bonds is 19. The molecule has 1 aromatic heterocycles. The Morgan fingerprint density at radius 3 is 2.16 bits per heavy atom. The number of aliphatic carboxylic acids is 1. The molecule has 1 heterocycles. The molecule has 0 spiro atoms. The first-order chi connectivity index (χ1) is 15.7. The van der Waals surface area contributed by atoms with Gasteiger partial charge in [0.15, 0.2) is 0 Å². The molecule has 0 aliphatic heterocycles.